The summed E-state index contributed by atoms with van der Waals surface area (Å²) in [7, 11) is 0. The van der Waals surface area contributed by atoms with E-state index in [2.05, 4.69) is 9.97 Å². The van der Waals surface area contributed by atoms with Crippen LogP contribution in [0.1, 0.15) is 23.4 Å². The van der Waals surface area contributed by atoms with E-state index in [0.29, 0.717) is 19.4 Å². The van der Waals surface area contributed by atoms with E-state index in [9.17, 15) is 9.18 Å². The molecule has 5 nitrogen and oxygen atoms in total. The lowest BCUT2D eigenvalue weighted by Crippen LogP contribution is -2.33. The van der Waals surface area contributed by atoms with Gasteiger partial charge in [-0.1, -0.05) is 12.1 Å². The second-order valence-corrected chi connectivity index (χ2v) is 5.14. The molecule has 1 aromatic heterocycles. The van der Waals surface area contributed by atoms with Crippen LogP contribution in [-0.4, -0.2) is 39.0 Å². The average Bonchev–Trinajstić information content (AvgIpc) is 2.91. The molecule has 0 bridgehead atoms. The Hall–Kier alpha value is -2.21. The van der Waals surface area contributed by atoms with Crippen LogP contribution >= 0.6 is 0 Å². The van der Waals surface area contributed by atoms with Gasteiger partial charge in [-0.3, -0.25) is 4.79 Å². The molecule has 2 N–H and O–H groups in total. The summed E-state index contributed by atoms with van der Waals surface area (Å²) >= 11 is 0. The van der Waals surface area contributed by atoms with Gasteiger partial charge < -0.3 is 15.0 Å². The van der Waals surface area contributed by atoms with Crippen molar-refractivity contribution in [2.75, 3.05) is 13.2 Å². The van der Waals surface area contributed by atoms with E-state index in [1.807, 2.05) is 6.92 Å². The van der Waals surface area contributed by atoms with Crippen molar-refractivity contribution < 1.29 is 14.3 Å². The SMILES string of the molecule is Cc1[nH]cnc1CN(CCO)C(=O)CCc1ccc(F)cc1. The fraction of sp³-hybridized carbons (Fsp3) is 0.375. The molecular weight excluding hydrogens is 285 g/mol. The highest BCUT2D eigenvalue weighted by Gasteiger charge is 2.15. The summed E-state index contributed by atoms with van der Waals surface area (Å²) in [5.74, 6) is -0.341. The molecule has 0 fully saturated rings. The molecule has 6 heteroatoms. The van der Waals surface area contributed by atoms with Gasteiger partial charge in [-0.15, -0.1) is 0 Å². The van der Waals surface area contributed by atoms with Gasteiger partial charge >= 0.3 is 0 Å². The lowest BCUT2D eigenvalue weighted by atomic mass is 10.1. The Morgan fingerprint density at radius 2 is 2.09 bits per heavy atom. The third-order valence-electron chi connectivity index (χ3n) is 3.54. The van der Waals surface area contributed by atoms with Gasteiger partial charge in [0.25, 0.3) is 0 Å². The Bertz CT molecular complexity index is 610. The second-order valence-electron chi connectivity index (χ2n) is 5.14. The van der Waals surface area contributed by atoms with Crippen molar-refractivity contribution in [2.24, 2.45) is 0 Å². The zero-order valence-corrected chi connectivity index (χ0v) is 12.6. The fourth-order valence-corrected chi connectivity index (χ4v) is 2.20. The maximum Gasteiger partial charge on any atom is 0.223 e. The number of aryl methyl sites for hydroxylation is 2. The van der Waals surface area contributed by atoms with Crippen molar-refractivity contribution in [2.45, 2.75) is 26.3 Å². The molecule has 0 saturated carbocycles. The summed E-state index contributed by atoms with van der Waals surface area (Å²) in [6.07, 6.45) is 2.44. The molecule has 1 heterocycles. The van der Waals surface area contributed by atoms with Crippen molar-refractivity contribution >= 4 is 5.91 Å². The minimum absolute atomic E-state index is 0.0548. The molecule has 1 aromatic carbocycles. The number of aromatic nitrogens is 2. The zero-order chi connectivity index (χ0) is 15.9. The molecule has 0 saturated heterocycles. The number of carbonyl (C=O) groups excluding carboxylic acids is 1. The zero-order valence-electron chi connectivity index (χ0n) is 12.6. The van der Waals surface area contributed by atoms with Gasteiger partial charge in [0.05, 0.1) is 25.2 Å². The summed E-state index contributed by atoms with van der Waals surface area (Å²) in [5.41, 5.74) is 2.62. The van der Waals surface area contributed by atoms with E-state index < -0.39 is 0 Å². The molecule has 2 rings (SSSR count). The Labute approximate surface area is 128 Å². The third kappa shape index (κ3) is 4.39. The van der Waals surface area contributed by atoms with Gasteiger partial charge in [0.15, 0.2) is 0 Å². The fourth-order valence-electron chi connectivity index (χ4n) is 2.20. The van der Waals surface area contributed by atoms with E-state index in [0.717, 1.165) is 17.0 Å². The van der Waals surface area contributed by atoms with Crippen LogP contribution in [0, 0.1) is 12.7 Å². The van der Waals surface area contributed by atoms with Crippen LogP contribution in [0.5, 0.6) is 0 Å². The molecule has 0 aliphatic rings. The number of halogens is 1. The number of nitrogens with zero attached hydrogens (tertiary/aromatic N) is 2. The number of benzene rings is 1. The molecule has 0 radical (unpaired) electrons. The molecule has 0 aliphatic heterocycles. The van der Waals surface area contributed by atoms with E-state index in [-0.39, 0.29) is 24.9 Å². The molecule has 0 spiro atoms. The van der Waals surface area contributed by atoms with Crippen LogP contribution in [0.2, 0.25) is 0 Å². The predicted molar refractivity (Wildman–Crippen MR) is 80.5 cm³/mol. The van der Waals surface area contributed by atoms with E-state index in [1.54, 1.807) is 23.4 Å². The molecular formula is C16H20FN3O2. The van der Waals surface area contributed by atoms with Crippen molar-refractivity contribution in [3.63, 3.8) is 0 Å². The van der Waals surface area contributed by atoms with Gasteiger partial charge in [-0.25, -0.2) is 9.37 Å². The summed E-state index contributed by atoms with van der Waals surface area (Å²) in [6.45, 7) is 2.45. The van der Waals surface area contributed by atoms with Gasteiger partial charge in [0.1, 0.15) is 5.82 Å². The van der Waals surface area contributed by atoms with Crippen LogP contribution in [0.25, 0.3) is 0 Å². The Morgan fingerprint density at radius 3 is 2.68 bits per heavy atom. The lowest BCUT2D eigenvalue weighted by molar-refractivity contribution is -0.132. The molecule has 0 atom stereocenters. The monoisotopic (exact) mass is 305 g/mol. The lowest BCUT2D eigenvalue weighted by Gasteiger charge is -2.21. The maximum absolute atomic E-state index is 12.9. The number of carbonyl (C=O) groups is 1. The van der Waals surface area contributed by atoms with Gasteiger partial charge in [-0.05, 0) is 31.0 Å². The van der Waals surface area contributed by atoms with Crippen LogP contribution in [0.3, 0.4) is 0 Å². The first-order valence-electron chi connectivity index (χ1n) is 7.22. The van der Waals surface area contributed by atoms with E-state index >= 15 is 0 Å². The number of imidazole rings is 1. The van der Waals surface area contributed by atoms with Gasteiger partial charge in [0, 0.05) is 18.7 Å². The first-order valence-corrected chi connectivity index (χ1v) is 7.22. The second kappa shape index (κ2) is 7.70. The number of aromatic amines is 1. The number of aliphatic hydroxyl groups excluding tert-OH is 1. The quantitative estimate of drug-likeness (QED) is 0.819. The summed E-state index contributed by atoms with van der Waals surface area (Å²) in [6, 6.07) is 6.13. The van der Waals surface area contributed by atoms with Crippen molar-refractivity contribution in [3.8, 4) is 0 Å². The minimum Gasteiger partial charge on any atom is -0.395 e. The van der Waals surface area contributed by atoms with Crippen LogP contribution in [0.15, 0.2) is 30.6 Å². The normalized spacial score (nSPS) is 10.7. The topological polar surface area (TPSA) is 69.2 Å². The highest BCUT2D eigenvalue weighted by atomic mass is 19.1. The number of hydrogen-bond acceptors (Lipinski definition) is 3. The summed E-state index contributed by atoms with van der Waals surface area (Å²) < 4.78 is 12.9. The van der Waals surface area contributed by atoms with E-state index in [4.69, 9.17) is 5.11 Å². The molecule has 0 aliphatic carbocycles. The molecule has 22 heavy (non-hydrogen) atoms. The number of hydrogen-bond donors (Lipinski definition) is 2. The van der Waals surface area contributed by atoms with Gasteiger partial charge in [-0.2, -0.15) is 0 Å². The smallest absolute Gasteiger partial charge is 0.223 e. The van der Waals surface area contributed by atoms with Crippen molar-refractivity contribution in [1.82, 2.24) is 14.9 Å². The summed E-state index contributed by atoms with van der Waals surface area (Å²) in [5, 5.41) is 9.14. The number of rotatable bonds is 7. The maximum atomic E-state index is 12.9. The first kappa shape index (κ1) is 16.2. The average molecular weight is 305 g/mol. The van der Waals surface area contributed by atoms with Crippen LogP contribution in [0.4, 0.5) is 4.39 Å². The highest BCUT2D eigenvalue weighted by Crippen LogP contribution is 2.10. The first-order chi connectivity index (χ1) is 10.6. The van der Waals surface area contributed by atoms with Crippen molar-refractivity contribution in [3.05, 3.63) is 53.4 Å². The van der Waals surface area contributed by atoms with Crippen LogP contribution in [-0.2, 0) is 17.8 Å². The number of H-pyrrole nitrogens is 1. The highest BCUT2D eigenvalue weighted by molar-refractivity contribution is 5.76. The third-order valence-corrected chi connectivity index (χ3v) is 3.54. The minimum atomic E-state index is -0.286. The number of amides is 1. The largest absolute Gasteiger partial charge is 0.395 e. The standard InChI is InChI=1S/C16H20FN3O2/c1-12-15(19-11-18-12)10-20(8-9-21)16(22)7-4-13-2-5-14(17)6-3-13/h2-3,5-6,11,21H,4,7-10H2,1H3,(H,18,19). The summed E-state index contributed by atoms with van der Waals surface area (Å²) in [4.78, 5) is 21.1. The predicted octanol–water partition coefficient (Wildman–Crippen LogP) is 1.81. The molecule has 2 aromatic rings. The van der Waals surface area contributed by atoms with E-state index in [1.165, 1.54) is 12.1 Å². The van der Waals surface area contributed by atoms with Crippen LogP contribution < -0.4 is 0 Å². The Kier molecular flexibility index (Phi) is 5.66. The Balaban J connectivity index is 1.94. The molecule has 0 unspecified atom stereocenters. The molecule has 1 amide bonds. The Morgan fingerprint density at radius 1 is 1.36 bits per heavy atom. The molecule has 118 valence electrons. The number of aliphatic hydroxyl groups is 1. The van der Waals surface area contributed by atoms with Crippen molar-refractivity contribution in [1.29, 1.82) is 0 Å². The number of nitrogens with one attached hydrogen (secondary N) is 1. The van der Waals surface area contributed by atoms with Gasteiger partial charge in [0.2, 0.25) is 5.91 Å².